The minimum Gasteiger partial charge on any atom is -0.206 e. The SMILES string of the molecule is Fc1ccc(C(Cl)CC2CCCCC2)cc1Br. The molecule has 0 radical (unpaired) electrons. The van der Waals surface area contributed by atoms with Crippen molar-refractivity contribution in [3.63, 3.8) is 0 Å². The van der Waals surface area contributed by atoms with Crippen LogP contribution >= 0.6 is 27.5 Å². The van der Waals surface area contributed by atoms with E-state index in [2.05, 4.69) is 15.9 Å². The van der Waals surface area contributed by atoms with Crippen LogP contribution in [0.1, 0.15) is 49.5 Å². The molecule has 3 heteroatoms. The van der Waals surface area contributed by atoms with Gasteiger partial charge < -0.3 is 0 Å². The number of benzene rings is 1. The maximum atomic E-state index is 13.1. The lowest BCUT2D eigenvalue weighted by Crippen LogP contribution is -2.08. The Labute approximate surface area is 116 Å². The van der Waals surface area contributed by atoms with Crippen LogP contribution in [-0.4, -0.2) is 0 Å². The van der Waals surface area contributed by atoms with Crippen LogP contribution in [0.4, 0.5) is 4.39 Å². The zero-order valence-electron chi connectivity index (χ0n) is 9.76. The van der Waals surface area contributed by atoms with Gasteiger partial charge in [0.2, 0.25) is 0 Å². The number of hydrogen-bond acceptors (Lipinski definition) is 0. The molecule has 17 heavy (non-hydrogen) atoms. The fourth-order valence-corrected chi connectivity index (χ4v) is 3.34. The Bertz CT molecular complexity index is 374. The average Bonchev–Trinajstić information content (AvgIpc) is 2.34. The van der Waals surface area contributed by atoms with Gasteiger partial charge in [0.25, 0.3) is 0 Å². The highest BCUT2D eigenvalue weighted by molar-refractivity contribution is 9.10. The minimum absolute atomic E-state index is 0.00926. The molecule has 0 aromatic heterocycles. The van der Waals surface area contributed by atoms with Crippen molar-refractivity contribution >= 4 is 27.5 Å². The lowest BCUT2D eigenvalue weighted by Gasteiger charge is -2.23. The van der Waals surface area contributed by atoms with Crippen LogP contribution in [0.3, 0.4) is 0 Å². The summed E-state index contributed by atoms with van der Waals surface area (Å²) in [6.45, 7) is 0. The first-order valence-corrected chi connectivity index (χ1v) is 7.49. The van der Waals surface area contributed by atoms with E-state index < -0.39 is 0 Å². The third kappa shape index (κ3) is 3.69. The normalized spacial score (nSPS) is 19.2. The predicted octanol–water partition coefficient (Wildman–Crippen LogP) is 5.84. The highest BCUT2D eigenvalue weighted by atomic mass is 79.9. The first-order valence-electron chi connectivity index (χ1n) is 6.26. The van der Waals surface area contributed by atoms with E-state index in [1.165, 1.54) is 38.2 Å². The zero-order valence-corrected chi connectivity index (χ0v) is 12.1. The molecule has 1 saturated carbocycles. The maximum absolute atomic E-state index is 13.1. The van der Waals surface area contributed by atoms with Crippen molar-refractivity contribution in [2.75, 3.05) is 0 Å². The topological polar surface area (TPSA) is 0 Å². The molecule has 0 spiro atoms. The van der Waals surface area contributed by atoms with Crippen molar-refractivity contribution in [3.05, 3.63) is 34.1 Å². The van der Waals surface area contributed by atoms with Gasteiger partial charge in [0.05, 0.1) is 9.85 Å². The summed E-state index contributed by atoms with van der Waals surface area (Å²) < 4.78 is 13.6. The standard InChI is InChI=1S/C14H17BrClF/c15-12-9-11(6-7-14(12)17)13(16)8-10-4-2-1-3-5-10/h6-7,9-10,13H,1-5,8H2. The largest absolute Gasteiger partial charge is 0.206 e. The third-order valence-corrected chi connectivity index (χ3v) is 4.61. The van der Waals surface area contributed by atoms with Gasteiger partial charge >= 0.3 is 0 Å². The van der Waals surface area contributed by atoms with Gasteiger partial charge in [-0.3, -0.25) is 0 Å². The van der Waals surface area contributed by atoms with Gasteiger partial charge in [-0.2, -0.15) is 0 Å². The summed E-state index contributed by atoms with van der Waals surface area (Å²) in [6, 6.07) is 5.08. The van der Waals surface area contributed by atoms with E-state index in [1.54, 1.807) is 12.1 Å². The molecule has 1 aromatic rings. The Balaban J connectivity index is 1.98. The first-order chi connectivity index (χ1) is 8.16. The molecular formula is C14H17BrClF. The fraction of sp³-hybridized carbons (Fsp3) is 0.571. The second kappa shape index (κ2) is 6.19. The van der Waals surface area contributed by atoms with Crippen LogP contribution in [0.5, 0.6) is 0 Å². The van der Waals surface area contributed by atoms with E-state index in [9.17, 15) is 4.39 Å². The van der Waals surface area contributed by atoms with E-state index in [4.69, 9.17) is 11.6 Å². The Morgan fingerprint density at radius 2 is 2.00 bits per heavy atom. The van der Waals surface area contributed by atoms with E-state index >= 15 is 0 Å². The van der Waals surface area contributed by atoms with E-state index in [0.717, 1.165) is 17.9 Å². The second-order valence-electron chi connectivity index (χ2n) is 4.88. The highest BCUT2D eigenvalue weighted by Crippen LogP contribution is 2.36. The molecule has 0 bridgehead atoms. The molecule has 1 unspecified atom stereocenters. The molecule has 2 rings (SSSR count). The van der Waals surface area contributed by atoms with E-state index in [0.29, 0.717) is 4.47 Å². The maximum Gasteiger partial charge on any atom is 0.137 e. The molecule has 1 aromatic carbocycles. The molecule has 1 fully saturated rings. The Morgan fingerprint density at radius 3 is 2.65 bits per heavy atom. The summed E-state index contributed by atoms with van der Waals surface area (Å²) in [5.74, 6) is 0.519. The number of alkyl halides is 1. The Morgan fingerprint density at radius 1 is 1.29 bits per heavy atom. The van der Waals surface area contributed by atoms with E-state index in [-0.39, 0.29) is 11.2 Å². The molecule has 0 heterocycles. The van der Waals surface area contributed by atoms with Gasteiger partial charge in [-0.25, -0.2) is 4.39 Å². The lowest BCUT2D eigenvalue weighted by atomic mass is 9.85. The Hall–Kier alpha value is -0.0800. The van der Waals surface area contributed by atoms with Gasteiger partial charge in [-0.15, -0.1) is 11.6 Å². The highest BCUT2D eigenvalue weighted by Gasteiger charge is 2.19. The smallest absolute Gasteiger partial charge is 0.137 e. The third-order valence-electron chi connectivity index (χ3n) is 3.57. The van der Waals surface area contributed by atoms with Crippen LogP contribution in [0.15, 0.2) is 22.7 Å². The summed E-state index contributed by atoms with van der Waals surface area (Å²) in [5, 5.41) is 0.00926. The van der Waals surface area contributed by atoms with Gasteiger partial charge in [-0.05, 0) is 46.0 Å². The van der Waals surface area contributed by atoms with Gasteiger partial charge in [0, 0.05) is 0 Å². The summed E-state index contributed by atoms with van der Waals surface area (Å²) in [7, 11) is 0. The lowest BCUT2D eigenvalue weighted by molar-refractivity contribution is 0.336. The quantitative estimate of drug-likeness (QED) is 0.614. The van der Waals surface area contributed by atoms with Crippen LogP contribution in [-0.2, 0) is 0 Å². The summed E-state index contributed by atoms with van der Waals surface area (Å²) in [5.41, 5.74) is 1.02. The van der Waals surface area contributed by atoms with Crippen LogP contribution in [0.2, 0.25) is 0 Å². The van der Waals surface area contributed by atoms with Gasteiger partial charge in [0.1, 0.15) is 5.82 Å². The molecule has 1 aliphatic rings. The molecule has 0 saturated heterocycles. The Kier molecular flexibility index (Phi) is 4.87. The van der Waals surface area contributed by atoms with Gasteiger partial charge in [0.15, 0.2) is 0 Å². The molecule has 1 aliphatic carbocycles. The summed E-state index contributed by atoms with van der Waals surface area (Å²) >= 11 is 9.63. The summed E-state index contributed by atoms with van der Waals surface area (Å²) in [6.07, 6.45) is 7.64. The molecule has 0 nitrogen and oxygen atoms in total. The van der Waals surface area contributed by atoms with Crippen molar-refractivity contribution in [3.8, 4) is 0 Å². The summed E-state index contributed by atoms with van der Waals surface area (Å²) in [4.78, 5) is 0. The molecule has 0 N–H and O–H groups in total. The zero-order chi connectivity index (χ0) is 12.3. The second-order valence-corrected chi connectivity index (χ2v) is 6.26. The van der Waals surface area contributed by atoms with Crippen molar-refractivity contribution in [2.24, 2.45) is 5.92 Å². The number of halogens is 3. The van der Waals surface area contributed by atoms with Gasteiger partial charge in [-0.1, -0.05) is 38.2 Å². The number of rotatable bonds is 3. The fourth-order valence-electron chi connectivity index (χ4n) is 2.56. The van der Waals surface area contributed by atoms with E-state index in [1.807, 2.05) is 0 Å². The van der Waals surface area contributed by atoms with Crippen molar-refractivity contribution in [2.45, 2.75) is 43.9 Å². The minimum atomic E-state index is -0.227. The monoisotopic (exact) mass is 318 g/mol. The van der Waals surface area contributed by atoms with Crippen LogP contribution < -0.4 is 0 Å². The molecular weight excluding hydrogens is 303 g/mol. The van der Waals surface area contributed by atoms with Crippen molar-refractivity contribution in [1.82, 2.24) is 0 Å². The molecule has 0 aliphatic heterocycles. The van der Waals surface area contributed by atoms with Crippen molar-refractivity contribution < 1.29 is 4.39 Å². The number of hydrogen-bond donors (Lipinski definition) is 0. The van der Waals surface area contributed by atoms with Crippen LogP contribution in [0.25, 0.3) is 0 Å². The molecule has 94 valence electrons. The first kappa shape index (κ1) is 13.4. The van der Waals surface area contributed by atoms with Crippen LogP contribution in [0, 0.1) is 11.7 Å². The average molecular weight is 320 g/mol. The predicted molar refractivity (Wildman–Crippen MR) is 73.9 cm³/mol. The van der Waals surface area contributed by atoms with Crippen molar-refractivity contribution in [1.29, 1.82) is 0 Å². The molecule has 1 atom stereocenters. The molecule has 0 amide bonds.